The Morgan fingerprint density at radius 3 is 1.85 bits per heavy atom. The van der Waals surface area contributed by atoms with Crippen molar-refractivity contribution >= 4 is 40.0 Å². The molecule has 5 nitrogen and oxygen atoms in total. The number of rotatable bonds is 7. The van der Waals surface area contributed by atoms with Crippen LogP contribution in [-0.4, -0.2) is 28.0 Å². The van der Waals surface area contributed by atoms with E-state index < -0.39 is 0 Å². The van der Waals surface area contributed by atoms with Gasteiger partial charge in [-0.2, -0.15) is 0 Å². The number of aryl methyl sites for hydroxylation is 2. The Labute approximate surface area is 281 Å². The monoisotopic (exact) mass is 621 g/mol. The predicted molar refractivity (Wildman–Crippen MR) is 200 cm³/mol. The van der Waals surface area contributed by atoms with Crippen LogP contribution in [0, 0.1) is 13.8 Å². The molecule has 48 heavy (non-hydrogen) atoms. The van der Waals surface area contributed by atoms with Gasteiger partial charge >= 0.3 is 0 Å². The quantitative estimate of drug-likeness (QED) is 0.178. The summed E-state index contributed by atoms with van der Waals surface area (Å²) in [5.74, 6) is 0.917. The van der Waals surface area contributed by atoms with E-state index in [2.05, 4.69) is 163 Å². The third-order valence-electron chi connectivity index (χ3n) is 9.07. The highest BCUT2D eigenvalue weighted by Crippen LogP contribution is 2.38. The molecule has 1 aromatic heterocycles. The van der Waals surface area contributed by atoms with Gasteiger partial charge in [0, 0.05) is 40.1 Å². The lowest BCUT2D eigenvalue weighted by molar-refractivity contribution is 0.738. The van der Waals surface area contributed by atoms with Crippen molar-refractivity contribution < 1.29 is 0 Å². The van der Waals surface area contributed by atoms with Crippen molar-refractivity contribution in [2.45, 2.75) is 19.9 Å². The van der Waals surface area contributed by atoms with Crippen LogP contribution in [-0.2, 0) is 0 Å². The fourth-order valence-corrected chi connectivity index (χ4v) is 6.52. The second-order valence-electron chi connectivity index (χ2n) is 12.2. The Hall–Kier alpha value is -6.07. The maximum Gasteiger partial charge on any atom is 0.145 e. The summed E-state index contributed by atoms with van der Waals surface area (Å²) in [5, 5.41) is 0. The minimum atomic E-state index is -0.0155. The molecular formula is C43H35N5. The van der Waals surface area contributed by atoms with Crippen molar-refractivity contribution in [3.63, 3.8) is 0 Å². The summed E-state index contributed by atoms with van der Waals surface area (Å²) in [6.07, 6.45) is 1.92. The van der Waals surface area contributed by atoms with E-state index in [1.54, 1.807) is 0 Å². The summed E-state index contributed by atoms with van der Waals surface area (Å²) in [5.41, 5.74) is 13.2. The van der Waals surface area contributed by atoms with E-state index in [0.29, 0.717) is 6.54 Å². The number of hydrogen-bond donors (Lipinski definition) is 0. The fourth-order valence-electron chi connectivity index (χ4n) is 6.52. The normalized spacial score (nSPS) is 14.2. The number of hydrogen-bond acceptors (Lipinski definition) is 4. The van der Waals surface area contributed by atoms with Crippen molar-refractivity contribution in [2.75, 3.05) is 11.4 Å². The lowest BCUT2D eigenvalue weighted by Crippen LogP contribution is -2.15. The molecular weight excluding hydrogens is 587 g/mol. The van der Waals surface area contributed by atoms with Crippen LogP contribution in [0.15, 0.2) is 162 Å². The first-order valence-corrected chi connectivity index (χ1v) is 16.4. The average molecular weight is 622 g/mol. The topological polar surface area (TPSA) is 45.8 Å². The van der Waals surface area contributed by atoms with Crippen LogP contribution in [0.25, 0.3) is 28.1 Å². The molecule has 0 saturated carbocycles. The van der Waals surface area contributed by atoms with Gasteiger partial charge < -0.3 is 4.90 Å². The SMILES string of the molecule is Cc1ccccc1N(c1ccc(C2CN=C(c3ccc(-c4nc5ccccc5n4-c4ccccc4)cc3)C=N2)cc1)c1ccccc1C. The molecule has 1 aliphatic rings. The van der Waals surface area contributed by atoms with E-state index in [1.807, 2.05) is 18.3 Å². The summed E-state index contributed by atoms with van der Waals surface area (Å²) >= 11 is 0. The number of fused-ring (bicyclic) bond motifs is 1. The van der Waals surface area contributed by atoms with Crippen molar-refractivity contribution in [3.8, 4) is 17.1 Å². The average Bonchev–Trinajstić information content (AvgIpc) is 3.54. The maximum atomic E-state index is 5.01. The minimum absolute atomic E-state index is 0.0155. The third-order valence-corrected chi connectivity index (χ3v) is 9.07. The van der Waals surface area contributed by atoms with Gasteiger partial charge in [0.05, 0.1) is 29.3 Å². The van der Waals surface area contributed by atoms with Gasteiger partial charge in [-0.1, -0.05) is 103 Å². The maximum absolute atomic E-state index is 5.01. The zero-order chi connectivity index (χ0) is 32.5. The first kappa shape index (κ1) is 29.3. The molecule has 8 rings (SSSR count). The van der Waals surface area contributed by atoms with Crippen LogP contribution in [0.4, 0.5) is 17.1 Å². The van der Waals surface area contributed by atoms with Crippen molar-refractivity contribution in [1.82, 2.24) is 9.55 Å². The minimum Gasteiger partial charge on any atom is -0.310 e. The number of nitrogens with zero attached hydrogens (tertiary/aromatic N) is 5. The van der Waals surface area contributed by atoms with Crippen molar-refractivity contribution in [2.24, 2.45) is 9.98 Å². The lowest BCUT2D eigenvalue weighted by atomic mass is 10.0. The largest absolute Gasteiger partial charge is 0.310 e. The molecule has 0 aliphatic carbocycles. The summed E-state index contributed by atoms with van der Waals surface area (Å²) in [6, 6.07) is 53.0. The van der Waals surface area contributed by atoms with Crippen LogP contribution in [0.5, 0.6) is 0 Å². The molecule has 1 aliphatic heterocycles. The number of para-hydroxylation sites is 5. The van der Waals surface area contributed by atoms with E-state index >= 15 is 0 Å². The van der Waals surface area contributed by atoms with Gasteiger partial charge in [0.1, 0.15) is 5.82 Å². The molecule has 1 unspecified atom stereocenters. The summed E-state index contributed by atoms with van der Waals surface area (Å²) in [7, 11) is 0. The molecule has 0 spiro atoms. The van der Waals surface area contributed by atoms with Gasteiger partial charge in [0.25, 0.3) is 0 Å². The number of anilines is 3. The fraction of sp³-hybridized carbons (Fsp3) is 0.0930. The van der Waals surface area contributed by atoms with Crippen LogP contribution < -0.4 is 4.90 Å². The lowest BCUT2D eigenvalue weighted by Gasteiger charge is -2.28. The molecule has 7 aromatic rings. The second kappa shape index (κ2) is 12.6. The van der Waals surface area contributed by atoms with E-state index in [9.17, 15) is 0 Å². The Kier molecular flexibility index (Phi) is 7.71. The van der Waals surface area contributed by atoms with Crippen LogP contribution in [0.3, 0.4) is 0 Å². The van der Waals surface area contributed by atoms with Gasteiger partial charge in [0.15, 0.2) is 0 Å². The second-order valence-corrected chi connectivity index (χ2v) is 12.2. The summed E-state index contributed by atoms with van der Waals surface area (Å²) in [6.45, 7) is 4.93. The standard InChI is InChI=1S/C43H35N5/c1-30-12-6-9-17-40(30)47(41-18-10-7-13-31(41)2)36-26-24-33(25-27-36)39-29-44-38(28-45-39)32-20-22-34(23-21-32)43-46-37-16-8-11-19-42(37)48(43)35-14-4-3-5-15-35/h3-28,39H,29H2,1-2H3. The number of aromatic nitrogens is 2. The summed E-state index contributed by atoms with van der Waals surface area (Å²) < 4.78 is 2.22. The molecule has 0 saturated heterocycles. The predicted octanol–water partition coefficient (Wildman–Crippen LogP) is 10.4. The number of benzene rings is 6. The zero-order valence-electron chi connectivity index (χ0n) is 27.0. The Balaban J connectivity index is 1.03. The summed E-state index contributed by atoms with van der Waals surface area (Å²) in [4.78, 5) is 17.3. The van der Waals surface area contributed by atoms with E-state index in [0.717, 1.165) is 50.6 Å². The molecule has 0 amide bonds. The van der Waals surface area contributed by atoms with Gasteiger partial charge in [-0.05, 0) is 79.1 Å². The molecule has 1 atom stereocenters. The van der Waals surface area contributed by atoms with Gasteiger partial charge in [0.2, 0.25) is 0 Å². The molecule has 0 bridgehead atoms. The Bertz CT molecular complexity index is 2230. The third kappa shape index (κ3) is 5.50. The molecule has 0 fully saturated rings. The van der Waals surface area contributed by atoms with Crippen molar-refractivity contribution in [1.29, 1.82) is 0 Å². The van der Waals surface area contributed by atoms with E-state index in [4.69, 9.17) is 15.0 Å². The van der Waals surface area contributed by atoms with Crippen LogP contribution in [0.2, 0.25) is 0 Å². The molecule has 5 heteroatoms. The van der Waals surface area contributed by atoms with Gasteiger partial charge in [-0.25, -0.2) is 4.98 Å². The number of imidazole rings is 1. The van der Waals surface area contributed by atoms with E-state index in [-0.39, 0.29) is 6.04 Å². The highest BCUT2D eigenvalue weighted by Gasteiger charge is 2.19. The molecule has 0 radical (unpaired) electrons. The smallest absolute Gasteiger partial charge is 0.145 e. The first-order valence-electron chi connectivity index (χ1n) is 16.4. The molecule has 2 heterocycles. The first-order chi connectivity index (χ1) is 23.6. The Morgan fingerprint density at radius 1 is 0.604 bits per heavy atom. The zero-order valence-corrected chi connectivity index (χ0v) is 27.0. The highest BCUT2D eigenvalue weighted by molar-refractivity contribution is 6.38. The van der Waals surface area contributed by atoms with Gasteiger partial charge in [-0.15, -0.1) is 0 Å². The molecule has 232 valence electrons. The molecule has 6 aromatic carbocycles. The van der Waals surface area contributed by atoms with Crippen molar-refractivity contribution in [3.05, 3.63) is 174 Å². The Morgan fingerprint density at radius 2 is 1.21 bits per heavy atom. The van der Waals surface area contributed by atoms with Crippen LogP contribution >= 0.6 is 0 Å². The highest BCUT2D eigenvalue weighted by atomic mass is 15.1. The van der Waals surface area contributed by atoms with Crippen LogP contribution in [0.1, 0.15) is 28.3 Å². The number of aliphatic imine (C=N–C) groups is 2. The van der Waals surface area contributed by atoms with Gasteiger partial charge in [-0.3, -0.25) is 14.6 Å². The van der Waals surface area contributed by atoms with E-state index in [1.165, 1.54) is 22.5 Å². The molecule has 0 N–H and O–H groups in total.